The third kappa shape index (κ3) is 7.13. The summed E-state index contributed by atoms with van der Waals surface area (Å²) in [4.78, 5) is 31.9. The van der Waals surface area contributed by atoms with Gasteiger partial charge < -0.3 is 15.3 Å². The van der Waals surface area contributed by atoms with Gasteiger partial charge in [0, 0.05) is 31.6 Å². The van der Waals surface area contributed by atoms with Crippen molar-refractivity contribution in [3.05, 3.63) is 113 Å². The summed E-state index contributed by atoms with van der Waals surface area (Å²) >= 11 is 0. The van der Waals surface area contributed by atoms with Crippen LogP contribution in [0.3, 0.4) is 0 Å². The van der Waals surface area contributed by atoms with E-state index < -0.39 is 23.9 Å². The molecule has 6 rings (SSSR count). The van der Waals surface area contributed by atoms with Crippen LogP contribution in [0.5, 0.6) is 5.75 Å². The van der Waals surface area contributed by atoms with Gasteiger partial charge in [-0.3, -0.25) is 19.4 Å². The number of piperidine rings is 1. The largest absolute Gasteiger partial charge is 0.508 e. The predicted octanol–water partition coefficient (Wildman–Crippen LogP) is 6.06. The van der Waals surface area contributed by atoms with E-state index in [2.05, 4.69) is 23.1 Å². The standard InChI is InChI=1S/C40H46N2O5/c1-2-29-24-34-38(40(47)42(39(34)46)32-19-21-41(22-20-32)25-28-9-5-3-6-10-28)35(26-43)37(29)36(45)18-15-31(30-11-7-4-8-12-30)23-27-13-16-33(44)17-14-27/h3-14,16-17,23,32,34-36,38,43-45H,2,15,18-22,24-26H2,1H3/b31-23-/t34-,35+,36-,38-/m1/s1. The van der Waals surface area contributed by atoms with E-state index in [0.29, 0.717) is 25.7 Å². The van der Waals surface area contributed by atoms with E-state index >= 15 is 0 Å². The summed E-state index contributed by atoms with van der Waals surface area (Å²) in [6.45, 7) is 4.24. The molecule has 47 heavy (non-hydrogen) atoms. The normalized spacial score (nSPS) is 23.3. The molecule has 3 aromatic rings. The molecule has 7 nitrogen and oxygen atoms in total. The number of benzene rings is 3. The minimum absolute atomic E-state index is 0.109. The number of aliphatic hydroxyl groups is 2. The van der Waals surface area contributed by atoms with E-state index in [9.17, 15) is 24.9 Å². The average molecular weight is 635 g/mol. The molecule has 2 saturated heterocycles. The third-order valence-corrected chi connectivity index (χ3v) is 10.4. The molecule has 2 heterocycles. The first-order valence-electron chi connectivity index (χ1n) is 17.1. The van der Waals surface area contributed by atoms with Crippen molar-refractivity contribution in [3.8, 4) is 5.75 Å². The summed E-state index contributed by atoms with van der Waals surface area (Å²) in [5, 5.41) is 32.3. The van der Waals surface area contributed by atoms with Crippen molar-refractivity contribution in [1.82, 2.24) is 9.80 Å². The highest BCUT2D eigenvalue weighted by molar-refractivity contribution is 6.06. The number of amides is 2. The highest BCUT2D eigenvalue weighted by Crippen LogP contribution is 2.48. The summed E-state index contributed by atoms with van der Waals surface area (Å²) in [6, 6.07) is 27.3. The van der Waals surface area contributed by atoms with Gasteiger partial charge in [0.25, 0.3) is 0 Å². The molecular formula is C40H46N2O5. The van der Waals surface area contributed by atoms with Crippen molar-refractivity contribution < 1.29 is 24.9 Å². The fourth-order valence-electron chi connectivity index (χ4n) is 8.03. The second-order valence-electron chi connectivity index (χ2n) is 13.3. The van der Waals surface area contributed by atoms with Crippen LogP contribution >= 0.6 is 0 Å². The Morgan fingerprint density at radius 2 is 1.57 bits per heavy atom. The molecule has 2 fully saturated rings. The zero-order chi connectivity index (χ0) is 32.9. The zero-order valence-corrected chi connectivity index (χ0v) is 27.2. The highest BCUT2D eigenvalue weighted by Gasteiger charge is 2.56. The summed E-state index contributed by atoms with van der Waals surface area (Å²) in [5.74, 6) is -1.80. The molecule has 0 unspecified atom stereocenters. The number of nitrogens with zero attached hydrogens (tertiary/aromatic N) is 2. The zero-order valence-electron chi connectivity index (χ0n) is 27.2. The van der Waals surface area contributed by atoms with Gasteiger partial charge in [-0.05, 0) is 78.5 Å². The number of hydrogen-bond donors (Lipinski definition) is 3. The molecular weight excluding hydrogens is 588 g/mol. The first kappa shape index (κ1) is 32.9. The van der Waals surface area contributed by atoms with Crippen molar-refractivity contribution in [2.75, 3.05) is 19.7 Å². The van der Waals surface area contributed by atoms with Crippen LogP contribution in [0.15, 0.2) is 96.1 Å². The van der Waals surface area contributed by atoms with Crippen LogP contribution < -0.4 is 0 Å². The Labute approximate surface area is 277 Å². The van der Waals surface area contributed by atoms with Gasteiger partial charge in [-0.25, -0.2) is 0 Å². The van der Waals surface area contributed by atoms with Crippen LogP contribution in [0.25, 0.3) is 11.6 Å². The Kier molecular flexibility index (Phi) is 10.4. The number of hydrogen-bond acceptors (Lipinski definition) is 6. The van der Waals surface area contributed by atoms with Crippen LogP contribution in [0.2, 0.25) is 0 Å². The molecule has 246 valence electrons. The maximum absolute atomic E-state index is 14.1. The van der Waals surface area contributed by atoms with E-state index in [-0.39, 0.29) is 30.2 Å². The molecule has 1 aliphatic carbocycles. The minimum Gasteiger partial charge on any atom is -0.508 e. The average Bonchev–Trinajstić information content (AvgIpc) is 3.36. The number of aromatic hydroxyl groups is 1. The van der Waals surface area contributed by atoms with Gasteiger partial charge >= 0.3 is 0 Å². The number of aliphatic hydroxyl groups excluding tert-OH is 2. The van der Waals surface area contributed by atoms with Crippen molar-refractivity contribution in [1.29, 1.82) is 0 Å². The van der Waals surface area contributed by atoms with Gasteiger partial charge in [0.2, 0.25) is 11.8 Å². The number of fused-ring (bicyclic) bond motifs is 1. The number of rotatable bonds is 11. The molecule has 3 aliphatic rings. The molecule has 7 heteroatoms. The maximum Gasteiger partial charge on any atom is 0.234 e. The number of likely N-dealkylation sites (tertiary alicyclic amines) is 2. The molecule has 0 aromatic heterocycles. The van der Waals surface area contributed by atoms with Crippen LogP contribution in [0.1, 0.15) is 62.1 Å². The Bertz CT molecular complexity index is 1590. The summed E-state index contributed by atoms with van der Waals surface area (Å²) in [7, 11) is 0. The third-order valence-electron chi connectivity index (χ3n) is 10.4. The van der Waals surface area contributed by atoms with Crippen molar-refractivity contribution >= 4 is 23.5 Å². The van der Waals surface area contributed by atoms with Crippen molar-refractivity contribution in [3.63, 3.8) is 0 Å². The molecule has 3 aromatic carbocycles. The Hall–Kier alpha value is -4.04. The molecule has 0 radical (unpaired) electrons. The number of carbonyl (C=O) groups is 2. The minimum atomic E-state index is -0.854. The molecule has 0 spiro atoms. The lowest BCUT2D eigenvalue weighted by Gasteiger charge is -2.37. The lowest BCUT2D eigenvalue weighted by molar-refractivity contribution is -0.144. The van der Waals surface area contributed by atoms with Gasteiger partial charge in [-0.1, -0.05) is 91.4 Å². The van der Waals surface area contributed by atoms with Crippen LogP contribution in [0, 0.1) is 17.8 Å². The number of allylic oxidation sites excluding steroid dienone is 2. The number of carbonyl (C=O) groups excluding carboxylic acids is 2. The summed E-state index contributed by atoms with van der Waals surface area (Å²) in [6.07, 6.45) is 4.79. The first-order chi connectivity index (χ1) is 22.9. The number of phenols is 1. The Morgan fingerprint density at radius 1 is 0.915 bits per heavy atom. The van der Waals surface area contributed by atoms with Crippen LogP contribution in [-0.4, -0.2) is 68.8 Å². The van der Waals surface area contributed by atoms with Crippen LogP contribution in [0.4, 0.5) is 0 Å². The second-order valence-corrected chi connectivity index (χ2v) is 13.3. The van der Waals surface area contributed by atoms with Crippen LogP contribution in [-0.2, 0) is 16.1 Å². The van der Waals surface area contributed by atoms with E-state index in [0.717, 1.165) is 60.3 Å². The molecule has 0 bridgehead atoms. The van der Waals surface area contributed by atoms with E-state index in [1.54, 1.807) is 12.1 Å². The van der Waals surface area contributed by atoms with Crippen molar-refractivity contribution in [2.45, 2.75) is 64.1 Å². The summed E-state index contributed by atoms with van der Waals surface area (Å²) in [5.41, 5.74) is 6.02. The van der Waals surface area contributed by atoms with Gasteiger partial charge in [0.15, 0.2) is 0 Å². The van der Waals surface area contributed by atoms with Gasteiger partial charge in [0.1, 0.15) is 5.75 Å². The van der Waals surface area contributed by atoms with Gasteiger partial charge in [-0.2, -0.15) is 0 Å². The smallest absolute Gasteiger partial charge is 0.234 e. The molecule has 2 aliphatic heterocycles. The van der Waals surface area contributed by atoms with E-state index in [1.165, 1.54) is 10.5 Å². The van der Waals surface area contributed by atoms with E-state index in [4.69, 9.17) is 0 Å². The lowest BCUT2D eigenvalue weighted by Crippen LogP contribution is -2.47. The molecule has 4 atom stereocenters. The first-order valence-corrected chi connectivity index (χ1v) is 17.1. The Balaban J connectivity index is 1.17. The SMILES string of the molecule is CCC1=C([C@H](O)CC/C(=C/c2ccc(O)cc2)c2ccccc2)[C@H](CO)[C@@H]2C(=O)N(C3CCN(Cc4ccccc4)CC3)C(=O)[C@@H]2C1. The number of imide groups is 1. The van der Waals surface area contributed by atoms with Gasteiger partial charge in [-0.15, -0.1) is 0 Å². The van der Waals surface area contributed by atoms with Gasteiger partial charge in [0.05, 0.1) is 24.5 Å². The quantitative estimate of drug-likeness (QED) is 0.135. The number of phenolic OH excluding ortho intramolecular Hbond substituents is 1. The Morgan fingerprint density at radius 3 is 2.21 bits per heavy atom. The molecule has 2 amide bonds. The topological polar surface area (TPSA) is 101 Å². The highest BCUT2D eigenvalue weighted by atomic mass is 16.3. The summed E-state index contributed by atoms with van der Waals surface area (Å²) < 4.78 is 0. The molecule has 3 N–H and O–H groups in total. The molecule has 0 saturated carbocycles. The lowest BCUT2D eigenvalue weighted by atomic mass is 9.67. The monoisotopic (exact) mass is 634 g/mol. The second kappa shape index (κ2) is 14.8. The van der Waals surface area contributed by atoms with Crippen molar-refractivity contribution in [2.24, 2.45) is 17.8 Å². The fraction of sp³-hybridized carbons (Fsp3) is 0.400. The van der Waals surface area contributed by atoms with E-state index in [1.807, 2.05) is 67.6 Å². The fourth-order valence-corrected chi connectivity index (χ4v) is 8.03. The maximum atomic E-state index is 14.1. The predicted molar refractivity (Wildman–Crippen MR) is 184 cm³/mol.